The van der Waals surface area contributed by atoms with Crippen molar-refractivity contribution in [1.29, 1.82) is 0 Å². The predicted molar refractivity (Wildman–Crippen MR) is 85.1 cm³/mol. The Morgan fingerprint density at radius 2 is 2.22 bits per heavy atom. The summed E-state index contributed by atoms with van der Waals surface area (Å²) in [4.78, 5) is 14.5. The Morgan fingerprint density at radius 3 is 2.87 bits per heavy atom. The maximum Gasteiger partial charge on any atom is 0.416 e. The molecular formula is C16H21F3N2OS. The maximum atomic E-state index is 12.7. The Hall–Kier alpha value is -1.21. The second-order valence-corrected chi connectivity index (χ2v) is 6.96. The average molecular weight is 346 g/mol. The molecule has 0 saturated carbocycles. The molecule has 2 N–H and O–H groups in total. The first-order valence-corrected chi connectivity index (χ1v) is 8.59. The zero-order valence-electron chi connectivity index (χ0n) is 13.0. The van der Waals surface area contributed by atoms with E-state index in [2.05, 4.69) is 0 Å². The number of rotatable bonds is 4. The lowest BCUT2D eigenvalue weighted by atomic mass is 9.92. The van der Waals surface area contributed by atoms with Gasteiger partial charge in [0.1, 0.15) is 0 Å². The number of carbonyl (C=O) groups excluding carboxylic acids is 1. The number of hydrogen-bond donors (Lipinski definition) is 1. The summed E-state index contributed by atoms with van der Waals surface area (Å²) in [5.41, 5.74) is 5.21. The highest BCUT2D eigenvalue weighted by Gasteiger charge is 2.30. The molecule has 2 unspecified atom stereocenters. The molecule has 1 aromatic carbocycles. The molecule has 1 aromatic rings. The quantitative estimate of drug-likeness (QED) is 0.850. The van der Waals surface area contributed by atoms with Crippen molar-refractivity contribution in [2.24, 2.45) is 11.7 Å². The summed E-state index contributed by atoms with van der Waals surface area (Å²) in [6.45, 7) is 3.28. The number of thioether (sulfide) groups is 1. The van der Waals surface area contributed by atoms with E-state index >= 15 is 0 Å². The van der Waals surface area contributed by atoms with E-state index in [4.69, 9.17) is 5.73 Å². The van der Waals surface area contributed by atoms with Gasteiger partial charge in [-0.1, -0.05) is 6.07 Å². The van der Waals surface area contributed by atoms with Crippen LogP contribution in [0, 0.1) is 5.92 Å². The van der Waals surface area contributed by atoms with Crippen molar-refractivity contribution >= 4 is 17.7 Å². The molecule has 1 heterocycles. The first-order valence-electron chi connectivity index (χ1n) is 7.61. The topological polar surface area (TPSA) is 46.3 Å². The Balaban J connectivity index is 1.92. The molecule has 0 aliphatic carbocycles. The van der Waals surface area contributed by atoms with Gasteiger partial charge in [-0.15, -0.1) is 11.8 Å². The van der Waals surface area contributed by atoms with Crippen molar-refractivity contribution in [2.45, 2.75) is 36.9 Å². The molecule has 0 radical (unpaired) electrons. The molecular weight excluding hydrogens is 325 g/mol. The van der Waals surface area contributed by atoms with Crippen LogP contribution in [0.5, 0.6) is 0 Å². The lowest BCUT2D eigenvalue weighted by Gasteiger charge is -2.34. The number of nitrogens with two attached hydrogens (primary N) is 1. The van der Waals surface area contributed by atoms with Gasteiger partial charge in [0.05, 0.1) is 11.3 Å². The van der Waals surface area contributed by atoms with E-state index in [-0.39, 0.29) is 17.7 Å². The van der Waals surface area contributed by atoms with Crippen molar-refractivity contribution in [1.82, 2.24) is 4.90 Å². The third-order valence-corrected chi connectivity index (χ3v) is 5.06. The van der Waals surface area contributed by atoms with E-state index < -0.39 is 11.7 Å². The zero-order chi connectivity index (χ0) is 17.0. The smallest absolute Gasteiger partial charge is 0.342 e. The summed E-state index contributed by atoms with van der Waals surface area (Å²) < 4.78 is 38.0. The number of amides is 1. The zero-order valence-corrected chi connectivity index (χ0v) is 13.8. The van der Waals surface area contributed by atoms with Gasteiger partial charge in [-0.05, 0) is 43.9 Å². The maximum absolute atomic E-state index is 12.7. The Bertz CT molecular complexity index is 548. The number of piperidine rings is 1. The molecule has 2 atom stereocenters. The van der Waals surface area contributed by atoms with Crippen molar-refractivity contribution in [3.63, 3.8) is 0 Å². The van der Waals surface area contributed by atoms with E-state index in [1.165, 1.54) is 6.07 Å². The fourth-order valence-electron chi connectivity index (χ4n) is 2.66. The van der Waals surface area contributed by atoms with E-state index in [1.807, 2.05) is 6.92 Å². The van der Waals surface area contributed by atoms with Crippen molar-refractivity contribution in [3.8, 4) is 0 Å². The number of likely N-dealkylation sites (tertiary alicyclic amines) is 1. The van der Waals surface area contributed by atoms with Crippen LogP contribution in [-0.2, 0) is 11.0 Å². The van der Waals surface area contributed by atoms with Gasteiger partial charge in [0, 0.05) is 24.0 Å². The molecule has 0 aromatic heterocycles. The van der Waals surface area contributed by atoms with Gasteiger partial charge in [-0.25, -0.2) is 0 Å². The van der Waals surface area contributed by atoms with Gasteiger partial charge in [-0.2, -0.15) is 13.2 Å². The van der Waals surface area contributed by atoms with E-state index in [0.717, 1.165) is 36.7 Å². The highest BCUT2D eigenvalue weighted by molar-refractivity contribution is 8.00. The minimum atomic E-state index is -4.36. The molecule has 1 saturated heterocycles. The molecule has 1 aliphatic heterocycles. The Morgan fingerprint density at radius 1 is 1.48 bits per heavy atom. The van der Waals surface area contributed by atoms with Crippen molar-refractivity contribution < 1.29 is 18.0 Å². The van der Waals surface area contributed by atoms with Crippen LogP contribution in [0.2, 0.25) is 0 Å². The van der Waals surface area contributed by atoms with Crippen LogP contribution in [0.4, 0.5) is 13.2 Å². The molecule has 1 fully saturated rings. The van der Waals surface area contributed by atoms with Crippen LogP contribution in [0.25, 0.3) is 0 Å². The Kier molecular flexibility index (Phi) is 5.97. The first-order chi connectivity index (χ1) is 10.8. The van der Waals surface area contributed by atoms with Gasteiger partial charge in [0.15, 0.2) is 0 Å². The SMILES string of the molecule is CC(N)C1CCCN(C(=O)CSc2cccc(C(F)(F)F)c2)C1. The summed E-state index contributed by atoms with van der Waals surface area (Å²) in [5.74, 6) is 0.400. The second-order valence-electron chi connectivity index (χ2n) is 5.92. The molecule has 0 bridgehead atoms. The summed E-state index contributed by atoms with van der Waals surface area (Å²) in [5, 5.41) is 0. The summed E-state index contributed by atoms with van der Waals surface area (Å²) in [6.07, 6.45) is -2.42. The molecule has 23 heavy (non-hydrogen) atoms. The molecule has 7 heteroatoms. The fourth-order valence-corrected chi connectivity index (χ4v) is 3.52. The molecule has 0 spiro atoms. The van der Waals surface area contributed by atoms with Crippen molar-refractivity contribution in [2.75, 3.05) is 18.8 Å². The highest BCUT2D eigenvalue weighted by Crippen LogP contribution is 2.32. The van der Waals surface area contributed by atoms with Gasteiger partial charge >= 0.3 is 6.18 Å². The van der Waals surface area contributed by atoms with Crippen LogP contribution < -0.4 is 5.73 Å². The third kappa shape index (κ3) is 5.14. The highest BCUT2D eigenvalue weighted by atomic mass is 32.2. The van der Waals surface area contributed by atoms with Gasteiger partial charge in [-0.3, -0.25) is 4.79 Å². The average Bonchev–Trinajstić information content (AvgIpc) is 2.52. The number of alkyl halides is 3. The minimum absolute atomic E-state index is 0.0433. The number of nitrogens with zero attached hydrogens (tertiary/aromatic N) is 1. The normalized spacial score (nSPS) is 20.4. The second kappa shape index (κ2) is 7.57. The van der Waals surface area contributed by atoms with Crippen LogP contribution in [0.1, 0.15) is 25.3 Å². The lowest BCUT2D eigenvalue weighted by molar-refractivity contribution is -0.137. The first kappa shape index (κ1) is 18.1. The predicted octanol–water partition coefficient (Wildman–Crippen LogP) is 3.38. The minimum Gasteiger partial charge on any atom is -0.342 e. The van der Waals surface area contributed by atoms with E-state index in [0.29, 0.717) is 23.9 Å². The van der Waals surface area contributed by atoms with Crippen LogP contribution in [-0.4, -0.2) is 35.7 Å². The van der Waals surface area contributed by atoms with Crippen LogP contribution in [0.3, 0.4) is 0 Å². The molecule has 2 rings (SSSR count). The summed E-state index contributed by atoms with van der Waals surface area (Å²) >= 11 is 1.14. The monoisotopic (exact) mass is 346 g/mol. The van der Waals surface area contributed by atoms with E-state index in [9.17, 15) is 18.0 Å². The summed E-state index contributed by atoms with van der Waals surface area (Å²) in [7, 11) is 0. The molecule has 128 valence electrons. The van der Waals surface area contributed by atoms with Crippen LogP contribution in [0.15, 0.2) is 29.2 Å². The Labute approximate surface area is 138 Å². The van der Waals surface area contributed by atoms with Gasteiger partial charge in [0.2, 0.25) is 5.91 Å². The van der Waals surface area contributed by atoms with Gasteiger partial charge < -0.3 is 10.6 Å². The van der Waals surface area contributed by atoms with Crippen molar-refractivity contribution in [3.05, 3.63) is 29.8 Å². The molecule has 1 aliphatic rings. The number of carbonyl (C=O) groups is 1. The molecule has 1 amide bonds. The number of benzene rings is 1. The molecule has 3 nitrogen and oxygen atoms in total. The van der Waals surface area contributed by atoms with Gasteiger partial charge in [0.25, 0.3) is 0 Å². The van der Waals surface area contributed by atoms with E-state index in [1.54, 1.807) is 11.0 Å². The largest absolute Gasteiger partial charge is 0.416 e. The number of halogens is 3. The fraction of sp³-hybridized carbons (Fsp3) is 0.562. The van der Waals surface area contributed by atoms with Crippen LogP contribution >= 0.6 is 11.8 Å². The summed E-state index contributed by atoms with van der Waals surface area (Å²) in [6, 6.07) is 5.11. The number of hydrogen-bond acceptors (Lipinski definition) is 3. The lowest BCUT2D eigenvalue weighted by Crippen LogP contribution is -2.45. The standard InChI is InChI=1S/C16H21F3N2OS/c1-11(20)12-4-3-7-21(9-12)15(22)10-23-14-6-2-5-13(8-14)16(17,18)19/h2,5-6,8,11-12H,3-4,7,9-10,20H2,1H3. The third-order valence-electron chi connectivity index (χ3n) is 4.08.